The summed E-state index contributed by atoms with van der Waals surface area (Å²) >= 11 is 0. The number of rotatable bonds is 10. The second-order valence-corrected chi connectivity index (χ2v) is 11.1. The normalized spacial score (nSPS) is 19.8. The van der Waals surface area contributed by atoms with Crippen LogP contribution in [0.5, 0.6) is 11.5 Å². The van der Waals surface area contributed by atoms with Crippen molar-refractivity contribution in [2.45, 2.75) is 33.9 Å². The van der Waals surface area contributed by atoms with Gasteiger partial charge in [-0.2, -0.15) is 0 Å². The van der Waals surface area contributed by atoms with Gasteiger partial charge in [0.2, 0.25) is 0 Å². The monoisotopic (exact) mass is 384 g/mol. The van der Waals surface area contributed by atoms with E-state index in [0.717, 1.165) is 11.3 Å². The van der Waals surface area contributed by atoms with Crippen LogP contribution in [0.25, 0.3) is 0 Å². The first-order valence-corrected chi connectivity index (χ1v) is 13.0. The van der Waals surface area contributed by atoms with Gasteiger partial charge in [0, 0.05) is 25.4 Å². The second kappa shape index (κ2) is 8.97. The standard InChI is InChI=1S/C17H28O6Si2/c1-6-19-25(20-7-2,21-8-3)14-18-16-10-11-17-15(12-16)13-22-24(5,9-4)23-17/h9-12H,4,6-8,13-14H2,1-3,5H3. The minimum Gasteiger partial charge on any atom is -0.517 e. The number of ether oxygens (including phenoxy) is 1. The molecule has 1 aliphatic rings. The number of hydrogen-bond donors (Lipinski definition) is 0. The SMILES string of the molecule is C=C[Si]1(C)OCc2cc(OC[Si](OCC)(OCC)OCC)ccc2O1. The van der Waals surface area contributed by atoms with Gasteiger partial charge in [-0.05, 0) is 51.2 Å². The van der Waals surface area contributed by atoms with Crippen LogP contribution in [-0.4, -0.2) is 43.4 Å². The molecule has 0 aliphatic carbocycles. The molecular weight excluding hydrogens is 356 g/mol. The number of fused-ring (bicyclic) bond motifs is 1. The van der Waals surface area contributed by atoms with E-state index in [2.05, 4.69) is 6.58 Å². The van der Waals surface area contributed by atoms with Gasteiger partial charge in [-0.15, -0.1) is 6.58 Å². The Kier molecular flexibility index (Phi) is 7.23. The molecular formula is C17H28O6Si2. The predicted molar refractivity (Wildman–Crippen MR) is 99.8 cm³/mol. The van der Waals surface area contributed by atoms with Gasteiger partial charge in [0.25, 0.3) is 0 Å². The minimum absolute atomic E-state index is 0.266. The highest BCUT2D eigenvalue weighted by Crippen LogP contribution is 2.32. The summed E-state index contributed by atoms with van der Waals surface area (Å²) < 4.78 is 35.1. The predicted octanol–water partition coefficient (Wildman–Crippen LogP) is 3.36. The summed E-state index contributed by atoms with van der Waals surface area (Å²) in [4.78, 5) is 0. The highest BCUT2D eigenvalue weighted by Gasteiger charge is 2.42. The Morgan fingerprint density at radius 1 is 1.16 bits per heavy atom. The Hall–Kier alpha value is -1.17. The average Bonchev–Trinajstić information content (AvgIpc) is 2.61. The van der Waals surface area contributed by atoms with E-state index < -0.39 is 17.4 Å². The van der Waals surface area contributed by atoms with E-state index in [1.807, 2.05) is 45.5 Å². The van der Waals surface area contributed by atoms with Crippen molar-refractivity contribution < 1.29 is 26.9 Å². The molecule has 1 aromatic rings. The molecule has 1 aromatic carbocycles. The lowest BCUT2D eigenvalue weighted by Crippen LogP contribution is -2.51. The summed E-state index contributed by atoms with van der Waals surface area (Å²) in [5, 5.41) is 0. The third kappa shape index (κ3) is 5.16. The van der Waals surface area contributed by atoms with Gasteiger partial charge in [0.1, 0.15) is 11.5 Å². The van der Waals surface area contributed by atoms with Gasteiger partial charge in [-0.1, -0.05) is 0 Å². The third-order valence-corrected chi connectivity index (χ3v) is 8.51. The molecule has 0 aromatic heterocycles. The lowest BCUT2D eigenvalue weighted by Gasteiger charge is -2.31. The first kappa shape index (κ1) is 20.1. The molecule has 8 heteroatoms. The molecule has 25 heavy (non-hydrogen) atoms. The number of benzene rings is 1. The van der Waals surface area contributed by atoms with E-state index >= 15 is 0 Å². The quantitative estimate of drug-likeness (QED) is 0.577. The van der Waals surface area contributed by atoms with Gasteiger partial charge in [0.15, 0.2) is 6.23 Å². The molecule has 0 radical (unpaired) electrons. The molecule has 140 valence electrons. The number of hydrogen-bond acceptors (Lipinski definition) is 6. The van der Waals surface area contributed by atoms with Crippen LogP contribution in [-0.2, 0) is 24.3 Å². The van der Waals surface area contributed by atoms with Gasteiger partial charge < -0.3 is 26.9 Å². The Morgan fingerprint density at radius 2 is 1.80 bits per heavy atom. The van der Waals surface area contributed by atoms with Crippen LogP contribution in [0.2, 0.25) is 6.55 Å². The largest absolute Gasteiger partial charge is 0.540 e. The summed E-state index contributed by atoms with van der Waals surface area (Å²) in [6, 6.07) is 5.72. The third-order valence-electron chi connectivity index (χ3n) is 3.74. The summed E-state index contributed by atoms with van der Waals surface area (Å²) in [5.41, 5.74) is 2.74. The van der Waals surface area contributed by atoms with Crippen LogP contribution < -0.4 is 9.16 Å². The van der Waals surface area contributed by atoms with E-state index in [0.29, 0.717) is 32.2 Å². The van der Waals surface area contributed by atoms with Crippen molar-refractivity contribution in [1.29, 1.82) is 0 Å². The van der Waals surface area contributed by atoms with Crippen LogP contribution in [0.15, 0.2) is 30.5 Å². The first-order valence-electron chi connectivity index (χ1n) is 8.64. The molecule has 0 saturated carbocycles. The molecule has 0 N–H and O–H groups in total. The molecule has 1 heterocycles. The molecule has 1 aliphatic heterocycles. The zero-order valence-electron chi connectivity index (χ0n) is 15.5. The summed E-state index contributed by atoms with van der Waals surface area (Å²) in [6.07, 6.45) is 0.266. The molecule has 0 fully saturated rings. The average molecular weight is 385 g/mol. The maximum absolute atomic E-state index is 5.96. The molecule has 0 saturated heterocycles. The summed E-state index contributed by atoms with van der Waals surface area (Å²) in [7, 11) is -5.12. The van der Waals surface area contributed by atoms with Crippen LogP contribution in [0.3, 0.4) is 0 Å². The fraction of sp³-hybridized carbons (Fsp3) is 0.529. The first-order chi connectivity index (χ1) is 12.0. The molecule has 0 amide bonds. The topological polar surface area (TPSA) is 55.4 Å². The van der Waals surface area contributed by atoms with Crippen molar-refractivity contribution in [3.63, 3.8) is 0 Å². The fourth-order valence-corrected chi connectivity index (χ4v) is 6.01. The van der Waals surface area contributed by atoms with Gasteiger partial charge in [0.05, 0.1) is 6.61 Å². The molecule has 0 spiro atoms. The maximum atomic E-state index is 5.96. The van der Waals surface area contributed by atoms with Crippen LogP contribution in [0, 0.1) is 0 Å². The van der Waals surface area contributed by atoms with Gasteiger partial charge in [-0.25, -0.2) is 0 Å². The Morgan fingerprint density at radius 3 is 2.36 bits per heavy atom. The van der Waals surface area contributed by atoms with Crippen molar-refractivity contribution >= 4 is 17.4 Å². The van der Waals surface area contributed by atoms with Crippen molar-refractivity contribution in [3.8, 4) is 11.5 Å². The Balaban J connectivity index is 2.08. The van der Waals surface area contributed by atoms with Gasteiger partial charge in [-0.3, -0.25) is 0 Å². The summed E-state index contributed by atoms with van der Waals surface area (Å²) in [5.74, 6) is 1.54. The van der Waals surface area contributed by atoms with Gasteiger partial charge >= 0.3 is 17.4 Å². The van der Waals surface area contributed by atoms with E-state index in [1.165, 1.54) is 0 Å². The Bertz CT molecular complexity index is 565. The smallest absolute Gasteiger partial charge is 0.517 e. The van der Waals surface area contributed by atoms with Crippen LogP contribution in [0.1, 0.15) is 26.3 Å². The van der Waals surface area contributed by atoms with Crippen molar-refractivity contribution in [2.24, 2.45) is 0 Å². The van der Waals surface area contributed by atoms with E-state index in [4.69, 9.17) is 26.9 Å². The molecule has 6 nitrogen and oxygen atoms in total. The highest BCUT2D eigenvalue weighted by molar-refractivity contribution is 6.72. The molecule has 0 bridgehead atoms. The lowest BCUT2D eigenvalue weighted by atomic mass is 10.2. The maximum Gasteiger partial charge on any atom is 0.540 e. The fourth-order valence-electron chi connectivity index (χ4n) is 2.51. The zero-order chi connectivity index (χ0) is 18.3. The Labute approximate surface area is 152 Å². The zero-order valence-corrected chi connectivity index (χ0v) is 17.5. The molecule has 2 rings (SSSR count). The molecule has 1 unspecified atom stereocenters. The minimum atomic E-state index is -2.83. The molecule has 1 atom stereocenters. The van der Waals surface area contributed by atoms with Crippen molar-refractivity contribution in [3.05, 3.63) is 36.0 Å². The van der Waals surface area contributed by atoms with Crippen LogP contribution in [0.4, 0.5) is 0 Å². The van der Waals surface area contributed by atoms with Crippen LogP contribution >= 0.6 is 0 Å². The van der Waals surface area contributed by atoms with Crippen molar-refractivity contribution in [1.82, 2.24) is 0 Å². The van der Waals surface area contributed by atoms with E-state index in [-0.39, 0.29) is 6.23 Å². The van der Waals surface area contributed by atoms with Crippen molar-refractivity contribution in [2.75, 3.05) is 26.1 Å². The summed E-state index contributed by atoms with van der Waals surface area (Å²) in [6.45, 7) is 13.6. The van der Waals surface area contributed by atoms with E-state index in [9.17, 15) is 0 Å². The second-order valence-electron chi connectivity index (χ2n) is 5.65. The lowest BCUT2D eigenvalue weighted by molar-refractivity contribution is 0.0541. The highest BCUT2D eigenvalue weighted by atomic mass is 28.4. The van der Waals surface area contributed by atoms with E-state index in [1.54, 1.807) is 5.70 Å².